The van der Waals surface area contributed by atoms with Crippen molar-refractivity contribution in [3.63, 3.8) is 0 Å². The molecule has 0 saturated heterocycles. The highest BCUT2D eigenvalue weighted by Gasteiger charge is 2.12. The summed E-state index contributed by atoms with van der Waals surface area (Å²) in [6.45, 7) is 0. The lowest BCUT2D eigenvalue weighted by Crippen LogP contribution is -1.97. The predicted octanol–water partition coefficient (Wildman–Crippen LogP) is -0.118. The van der Waals surface area contributed by atoms with E-state index in [1.165, 1.54) is 0 Å². The Balaban J connectivity index is 3.17. The lowest BCUT2D eigenvalue weighted by Gasteiger charge is -1.99. The van der Waals surface area contributed by atoms with Gasteiger partial charge < -0.3 is 14.1 Å². The third-order valence-corrected chi connectivity index (χ3v) is 1.75. The number of carboxylic acids is 1. The topological polar surface area (TPSA) is 108 Å². The van der Waals surface area contributed by atoms with Crippen LogP contribution in [0.25, 0.3) is 0 Å². The van der Waals surface area contributed by atoms with E-state index in [0.717, 1.165) is 12.1 Å². The lowest BCUT2D eigenvalue weighted by atomic mass is 10.5. The molecule has 0 amide bonds. The number of aromatic carboxylic acids is 1. The number of hydrogen-bond acceptors (Lipinski definition) is 5. The van der Waals surface area contributed by atoms with Crippen LogP contribution in [0.15, 0.2) is 21.6 Å². The Morgan fingerprint density at radius 2 is 2.08 bits per heavy atom. The average molecular weight is 191 g/mol. The van der Waals surface area contributed by atoms with Crippen molar-refractivity contribution in [3.8, 4) is 0 Å². The first kappa shape index (κ1) is 8.75. The van der Waals surface area contributed by atoms with Gasteiger partial charge in [-0.2, -0.15) is 0 Å². The molecule has 1 heterocycles. The smallest absolute Gasteiger partial charge is 0.371 e. The minimum atomic E-state index is -4.70. The van der Waals surface area contributed by atoms with Crippen molar-refractivity contribution in [1.82, 2.24) is 0 Å². The largest absolute Gasteiger partial charge is 0.742 e. The van der Waals surface area contributed by atoms with Crippen LogP contribution in [0.5, 0.6) is 0 Å². The summed E-state index contributed by atoms with van der Waals surface area (Å²) in [5.74, 6) is -2.01. The second-order valence-electron chi connectivity index (χ2n) is 1.88. The number of rotatable bonds is 2. The van der Waals surface area contributed by atoms with Gasteiger partial charge in [0.25, 0.3) is 0 Å². The van der Waals surface area contributed by atoms with Crippen LogP contribution >= 0.6 is 0 Å². The third kappa shape index (κ3) is 1.63. The first-order valence-electron chi connectivity index (χ1n) is 2.70. The fourth-order valence-electron chi connectivity index (χ4n) is 0.569. The van der Waals surface area contributed by atoms with Crippen LogP contribution in [0.1, 0.15) is 10.6 Å². The van der Waals surface area contributed by atoms with Crippen molar-refractivity contribution in [2.24, 2.45) is 0 Å². The summed E-state index contributed by atoms with van der Waals surface area (Å²) in [4.78, 5) is 10.2. The summed E-state index contributed by atoms with van der Waals surface area (Å²) in [5.41, 5.74) is 0. The molecule has 0 fully saturated rings. The predicted molar refractivity (Wildman–Crippen MR) is 33.6 cm³/mol. The van der Waals surface area contributed by atoms with E-state index in [4.69, 9.17) is 5.11 Å². The normalized spacial score (nSPS) is 11.4. The second kappa shape index (κ2) is 2.61. The van der Waals surface area contributed by atoms with Gasteiger partial charge >= 0.3 is 5.97 Å². The van der Waals surface area contributed by atoms with Crippen LogP contribution in [-0.4, -0.2) is 24.0 Å². The molecule has 1 rings (SSSR count). The van der Waals surface area contributed by atoms with Gasteiger partial charge in [0.05, 0.1) is 0 Å². The molecule has 6 nitrogen and oxygen atoms in total. The molecule has 12 heavy (non-hydrogen) atoms. The highest BCUT2D eigenvalue weighted by molar-refractivity contribution is 7.85. The molecule has 0 radical (unpaired) electrons. The van der Waals surface area contributed by atoms with Crippen molar-refractivity contribution < 1.29 is 27.3 Å². The summed E-state index contributed by atoms with van der Waals surface area (Å²) in [5, 5.41) is 7.38. The maximum atomic E-state index is 10.2. The monoisotopic (exact) mass is 191 g/mol. The molecule has 66 valence electrons. The Morgan fingerprint density at radius 3 is 2.33 bits per heavy atom. The zero-order chi connectivity index (χ0) is 9.35. The van der Waals surface area contributed by atoms with E-state index >= 15 is 0 Å². The van der Waals surface area contributed by atoms with E-state index in [1.54, 1.807) is 0 Å². The van der Waals surface area contributed by atoms with Crippen molar-refractivity contribution in [1.29, 1.82) is 0 Å². The van der Waals surface area contributed by atoms with Gasteiger partial charge in [0.2, 0.25) is 10.9 Å². The molecule has 0 spiro atoms. The van der Waals surface area contributed by atoms with Gasteiger partial charge in [-0.05, 0) is 12.1 Å². The molecule has 7 heteroatoms. The number of carbonyl (C=O) groups is 1. The third-order valence-electron chi connectivity index (χ3n) is 1.04. The van der Waals surface area contributed by atoms with Crippen LogP contribution in [0.3, 0.4) is 0 Å². The van der Waals surface area contributed by atoms with E-state index in [9.17, 15) is 17.8 Å². The molecular formula is C5H3O6S-. The van der Waals surface area contributed by atoms with Crippen molar-refractivity contribution >= 4 is 16.1 Å². The Morgan fingerprint density at radius 1 is 1.50 bits per heavy atom. The highest BCUT2D eigenvalue weighted by atomic mass is 32.2. The van der Waals surface area contributed by atoms with Gasteiger partial charge in [-0.25, -0.2) is 13.2 Å². The molecule has 0 aromatic carbocycles. The summed E-state index contributed by atoms with van der Waals surface area (Å²) in [6.07, 6.45) is 0. The van der Waals surface area contributed by atoms with Gasteiger partial charge in [0, 0.05) is 0 Å². The first-order valence-corrected chi connectivity index (χ1v) is 4.11. The SMILES string of the molecule is O=C(O)c1ccc(S(=O)(=O)[O-])o1. The Hall–Kier alpha value is -1.34. The molecular weight excluding hydrogens is 188 g/mol. The lowest BCUT2D eigenvalue weighted by molar-refractivity contribution is 0.0656. The van der Waals surface area contributed by atoms with E-state index in [1.807, 2.05) is 0 Å². The van der Waals surface area contributed by atoms with E-state index in [0.29, 0.717) is 0 Å². The van der Waals surface area contributed by atoms with Crippen LogP contribution < -0.4 is 0 Å². The van der Waals surface area contributed by atoms with Crippen molar-refractivity contribution in [2.45, 2.75) is 5.09 Å². The summed E-state index contributed by atoms with van der Waals surface area (Å²) < 4.78 is 34.9. The Kier molecular flexibility index (Phi) is 1.90. The summed E-state index contributed by atoms with van der Waals surface area (Å²) in [6, 6.07) is 1.69. The van der Waals surface area contributed by atoms with Crippen LogP contribution in [-0.2, 0) is 10.1 Å². The molecule has 0 saturated carbocycles. The van der Waals surface area contributed by atoms with Crippen molar-refractivity contribution in [3.05, 3.63) is 17.9 Å². The zero-order valence-electron chi connectivity index (χ0n) is 5.55. The standard InChI is InChI=1S/C5H4O6S/c6-5(7)3-1-2-4(11-3)12(8,9)10/h1-2H,(H,6,7)(H,8,9,10)/p-1. The maximum absolute atomic E-state index is 10.2. The highest BCUT2D eigenvalue weighted by Crippen LogP contribution is 2.12. The number of carboxylic acid groups (broad SMARTS) is 1. The summed E-state index contributed by atoms with van der Waals surface area (Å²) >= 11 is 0. The minimum absolute atomic E-state index is 0.579. The van der Waals surface area contributed by atoms with Gasteiger partial charge in [0.1, 0.15) is 0 Å². The number of hydrogen-bond donors (Lipinski definition) is 1. The zero-order valence-corrected chi connectivity index (χ0v) is 6.37. The molecule has 0 aliphatic rings. The average Bonchev–Trinajstić information content (AvgIpc) is 2.30. The van der Waals surface area contributed by atoms with Gasteiger partial charge in [-0.1, -0.05) is 0 Å². The minimum Gasteiger partial charge on any atom is -0.742 e. The molecule has 0 atom stereocenters. The summed E-state index contributed by atoms with van der Waals surface area (Å²) in [7, 11) is -4.70. The molecule has 0 aliphatic carbocycles. The van der Waals surface area contributed by atoms with Crippen LogP contribution in [0.2, 0.25) is 0 Å². The molecule has 0 unspecified atom stereocenters. The number of furan rings is 1. The van der Waals surface area contributed by atoms with E-state index in [-0.39, 0.29) is 0 Å². The molecule has 1 aromatic heterocycles. The van der Waals surface area contributed by atoms with E-state index in [2.05, 4.69) is 4.42 Å². The quantitative estimate of drug-likeness (QED) is 0.653. The first-order chi connectivity index (χ1) is 5.41. The maximum Gasteiger partial charge on any atom is 0.371 e. The molecule has 0 aliphatic heterocycles. The van der Waals surface area contributed by atoms with Crippen LogP contribution in [0, 0.1) is 0 Å². The molecule has 1 aromatic rings. The van der Waals surface area contributed by atoms with E-state index < -0.39 is 26.9 Å². The second-order valence-corrected chi connectivity index (χ2v) is 3.19. The molecule has 1 N–H and O–H groups in total. The van der Waals surface area contributed by atoms with Gasteiger partial charge in [-0.15, -0.1) is 0 Å². The van der Waals surface area contributed by atoms with Crippen LogP contribution in [0.4, 0.5) is 0 Å². The van der Waals surface area contributed by atoms with Crippen molar-refractivity contribution in [2.75, 3.05) is 0 Å². The van der Waals surface area contributed by atoms with Gasteiger partial charge in [0.15, 0.2) is 10.1 Å². The fourth-order valence-corrected chi connectivity index (χ4v) is 0.996. The Bertz CT molecular complexity index is 399. The fraction of sp³-hybridized carbons (Fsp3) is 0. The molecule has 0 bridgehead atoms. The Labute approximate surface area is 67.2 Å². The van der Waals surface area contributed by atoms with Gasteiger partial charge in [-0.3, -0.25) is 0 Å².